The van der Waals surface area contributed by atoms with Crippen molar-refractivity contribution >= 4 is 12.4 Å². The van der Waals surface area contributed by atoms with Gasteiger partial charge in [0.25, 0.3) is 0 Å². The minimum absolute atomic E-state index is 0. The Bertz CT molecular complexity index is 307. The molecule has 2 rings (SSSR count). The molecular formula is C12H19ClN2O. The predicted octanol–water partition coefficient (Wildman–Crippen LogP) is 0.873. The van der Waals surface area contributed by atoms with Crippen LogP contribution in [0.5, 0.6) is 0 Å². The quantitative estimate of drug-likeness (QED) is 0.826. The van der Waals surface area contributed by atoms with Crippen molar-refractivity contribution in [2.45, 2.75) is 18.7 Å². The van der Waals surface area contributed by atoms with E-state index in [4.69, 9.17) is 0 Å². The van der Waals surface area contributed by atoms with E-state index in [0.29, 0.717) is 6.54 Å². The van der Waals surface area contributed by atoms with Gasteiger partial charge in [0.2, 0.25) is 0 Å². The second-order valence-electron chi connectivity index (χ2n) is 4.19. The lowest BCUT2D eigenvalue weighted by atomic mass is 10.1. The van der Waals surface area contributed by atoms with Gasteiger partial charge < -0.3 is 10.4 Å². The first-order chi connectivity index (χ1) is 7.27. The minimum Gasteiger partial charge on any atom is -0.390 e. The molecule has 90 valence electrons. The number of hydrogen-bond donors (Lipinski definition) is 2. The van der Waals surface area contributed by atoms with Crippen LogP contribution in [-0.4, -0.2) is 42.3 Å². The molecule has 2 atom stereocenters. The standard InChI is InChI=1S/C12H18N2O.ClH/c1-14(11-7-13-8-12(11)15)9-10-5-3-2-4-6-10;/h2-6,11-13,15H,7-9H2,1H3;1H/t11-,12-;/m1./s1. The van der Waals surface area contributed by atoms with Gasteiger partial charge in [-0.15, -0.1) is 12.4 Å². The van der Waals surface area contributed by atoms with Gasteiger partial charge in [-0.25, -0.2) is 0 Å². The second kappa shape index (κ2) is 6.21. The SMILES string of the molecule is CN(Cc1ccccc1)[C@@H]1CNC[C@H]1O.Cl. The van der Waals surface area contributed by atoms with E-state index in [9.17, 15) is 5.11 Å². The Morgan fingerprint density at radius 3 is 2.56 bits per heavy atom. The monoisotopic (exact) mass is 242 g/mol. The van der Waals surface area contributed by atoms with E-state index >= 15 is 0 Å². The lowest BCUT2D eigenvalue weighted by molar-refractivity contribution is 0.0955. The van der Waals surface area contributed by atoms with E-state index < -0.39 is 0 Å². The average molecular weight is 243 g/mol. The van der Waals surface area contributed by atoms with Gasteiger partial charge in [0.15, 0.2) is 0 Å². The van der Waals surface area contributed by atoms with Gasteiger partial charge in [0, 0.05) is 25.7 Å². The summed E-state index contributed by atoms with van der Waals surface area (Å²) in [5.41, 5.74) is 1.29. The molecule has 0 bridgehead atoms. The maximum Gasteiger partial charge on any atom is 0.0831 e. The largest absolute Gasteiger partial charge is 0.390 e. The summed E-state index contributed by atoms with van der Waals surface area (Å²) in [6, 6.07) is 10.6. The highest BCUT2D eigenvalue weighted by Crippen LogP contribution is 2.11. The van der Waals surface area contributed by atoms with Crippen molar-refractivity contribution < 1.29 is 5.11 Å². The Labute approximate surface area is 103 Å². The van der Waals surface area contributed by atoms with Crippen molar-refractivity contribution in [3.8, 4) is 0 Å². The second-order valence-corrected chi connectivity index (χ2v) is 4.19. The number of rotatable bonds is 3. The normalized spacial score (nSPS) is 24.4. The van der Waals surface area contributed by atoms with Crippen molar-refractivity contribution in [1.29, 1.82) is 0 Å². The van der Waals surface area contributed by atoms with Gasteiger partial charge in [0.1, 0.15) is 0 Å². The Morgan fingerprint density at radius 1 is 1.31 bits per heavy atom. The molecule has 4 heteroatoms. The lowest BCUT2D eigenvalue weighted by Crippen LogP contribution is -2.40. The smallest absolute Gasteiger partial charge is 0.0831 e. The van der Waals surface area contributed by atoms with Crippen LogP contribution in [-0.2, 0) is 6.54 Å². The average Bonchev–Trinajstić information content (AvgIpc) is 2.66. The first kappa shape index (κ1) is 13.5. The van der Waals surface area contributed by atoms with Crippen LogP contribution in [0, 0.1) is 0 Å². The fourth-order valence-electron chi connectivity index (χ4n) is 2.09. The van der Waals surface area contributed by atoms with Gasteiger partial charge >= 0.3 is 0 Å². The molecule has 16 heavy (non-hydrogen) atoms. The van der Waals surface area contributed by atoms with Gasteiger partial charge in [0.05, 0.1) is 6.10 Å². The molecule has 0 radical (unpaired) electrons. The van der Waals surface area contributed by atoms with E-state index in [0.717, 1.165) is 13.1 Å². The molecule has 0 spiro atoms. The summed E-state index contributed by atoms with van der Waals surface area (Å²) in [6.07, 6.45) is -0.237. The maximum absolute atomic E-state index is 9.73. The van der Waals surface area contributed by atoms with Crippen LogP contribution < -0.4 is 5.32 Å². The van der Waals surface area contributed by atoms with E-state index in [1.165, 1.54) is 5.56 Å². The minimum atomic E-state index is -0.237. The molecule has 2 N–H and O–H groups in total. The summed E-state index contributed by atoms with van der Waals surface area (Å²) < 4.78 is 0. The number of hydrogen-bond acceptors (Lipinski definition) is 3. The van der Waals surface area contributed by atoms with Gasteiger partial charge in [-0.05, 0) is 12.6 Å². The Hall–Kier alpha value is -0.610. The van der Waals surface area contributed by atoms with Crippen LogP contribution in [0.4, 0.5) is 0 Å². The van der Waals surface area contributed by atoms with Crippen molar-refractivity contribution in [1.82, 2.24) is 10.2 Å². The number of halogens is 1. The molecule has 0 saturated carbocycles. The molecule has 0 unspecified atom stereocenters. The molecule has 1 aromatic carbocycles. The zero-order chi connectivity index (χ0) is 10.7. The van der Waals surface area contributed by atoms with Crippen molar-refractivity contribution in [2.24, 2.45) is 0 Å². The number of benzene rings is 1. The zero-order valence-corrected chi connectivity index (χ0v) is 10.3. The summed E-state index contributed by atoms with van der Waals surface area (Å²) in [5.74, 6) is 0. The maximum atomic E-state index is 9.73. The summed E-state index contributed by atoms with van der Waals surface area (Å²) in [4.78, 5) is 2.21. The number of nitrogens with zero attached hydrogens (tertiary/aromatic N) is 1. The van der Waals surface area contributed by atoms with Crippen molar-refractivity contribution in [3.05, 3.63) is 35.9 Å². The molecule has 1 saturated heterocycles. The van der Waals surface area contributed by atoms with Crippen LogP contribution in [0.3, 0.4) is 0 Å². The Balaban J connectivity index is 0.00000128. The third-order valence-corrected chi connectivity index (χ3v) is 2.99. The van der Waals surface area contributed by atoms with Crippen molar-refractivity contribution in [3.63, 3.8) is 0 Å². The molecule has 1 aromatic rings. The fraction of sp³-hybridized carbons (Fsp3) is 0.500. The molecule has 1 fully saturated rings. The van der Waals surface area contributed by atoms with Crippen LogP contribution in [0.2, 0.25) is 0 Å². The summed E-state index contributed by atoms with van der Waals surface area (Å²) >= 11 is 0. The third-order valence-electron chi connectivity index (χ3n) is 2.99. The molecule has 0 aromatic heterocycles. The molecule has 0 amide bonds. The third kappa shape index (κ3) is 3.19. The predicted molar refractivity (Wildman–Crippen MR) is 67.8 cm³/mol. The van der Waals surface area contributed by atoms with Crippen molar-refractivity contribution in [2.75, 3.05) is 20.1 Å². The van der Waals surface area contributed by atoms with Crippen LogP contribution in [0.1, 0.15) is 5.56 Å². The van der Waals surface area contributed by atoms with E-state index in [1.54, 1.807) is 0 Å². The molecule has 1 aliphatic heterocycles. The molecular weight excluding hydrogens is 224 g/mol. The topological polar surface area (TPSA) is 35.5 Å². The number of aliphatic hydroxyl groups excluding tert-OH is 1. The van der Waals surface area contributed by atoms with Crippen LogP contribution in [0.25, 0.3) is 0 Å². The number of aliphatic hydroxyl groups is 1. The summed E-state index contributed by atoms with van der Waals surface area (Å²) in [7, 11) is 2.06. The van der Waals surface area contributed by atoms with Crippen LogP contribution >= 0.6 is 12.4 Å². The number of likely N-dealkylation sites (N-methyl/N-ethyl adjacent to an activating group) is 1. The van der Waals surface area contributed by atoms with E-state index in [1.807, 2.05) is 18.2 Å². The summed E-state index contributed by atoms with van der Waals surface area (Å²) in [5, 5.41) is 12.9. The van der Waals surface area contributed by atoms with Gasteiger partial charge in [-0.1, -0.05) is 30.3 Å². The molecule has 1 heterocycles. The molecule has 1 aliphatic rings. The van der Waals surface area contributed by atoms with Gasteiger partial charge in [-0.2, -0.15) is 0 Å². The Kier molecular flexibility index (Phi) is 5.22. The molecule has 3 nitrogen and oxygen atoms in total. The number of nitrogens with one attached hydrogen (secondary N) is 1. The first-order valence-electron chi connectivity index (χ1n) is 5.40. The summed E-state index contributed by atoms with van der Waals surface area (Å²) in [6.45, 7) is 2.48. The fourth-order valence-corrected chi connectivity index (χ4v) is 2.09. The van der Waals surface area contributed by atoms with Crippen LogP contribution in [0.15, 0.2) is 30.3 Å². The highest BCUT2D eigenvalue weighted by molar-refractivity contribution is 5.85. The van der Waals surface area contributed by atoms with Gasteiger partial charge in [-0.3, -0.25) is 4.90 Å². The highest BCUT2D eigenvalue weighted by atomic mass is 35.5. The number of β-amino-alcohol motifs (C(OH)–C–C–N with tert-alkyl or cyclic N) is 1. The van der Waals surface area contributed by atoms with E-state index in [2.05, 4.69) is 29.4 Å². The first-order valence-corrected chi connectivity index (χ1v) is 5.40. The van der Waals surface area contributed by atoms with E-state index in [-0.39, 0.29) is 24.6 Å². The molecule has 0 aliphatic carbocycles. The lowest BCUT2D eigenvalue weighted by Gasteiger charge is -2.26. The zero-order valence-electron chi connectivity index (χ0n) is 9.47. The highest BCUT2D eigenvalue weighted by Gasteiger charge is 2.28. The Morgan fingerprint density at radius 2 is 2.00 bits per heavy atom.